The number of nitrogens with zero attached hydrogens (tertiary/aromatic N) is 4. The van der Waals surface area contributed by atoms with E-state index in [0.29, 0.717) is 11.4 Å². The van der Waals surface area contributed by atoms with Crippen LogP contribution in [0.1, 0.15) is 5.56 Å². The molecule has 0 bridgehead atoms. The molecule has 0 spiro atoms. The third kappa shape index (κ3) is 2.13. The summed E-state index contributed by atoms with van der Waals surface area (Å²) in [5, 5.41) is 13.7. The van der Waals surface area contributed by atoms with Gasteiger partial charge in [-0.15, -0.1) is 0 Å². The van der Waals surface area contributed by atoms with Crippen LogP contribution in [0.25, 0.3) is 33.9 Å². The molecule has 0 fully saturated rings. The molecule has 0 aliphatic heterocycles. The van der Waals surface area contributed by atoms with E-state index in [1.165, 1.54) is 12.1 Å². The van der Waals surface area contributed by atoms with E-state index in [1.807, 2.05) is 12.1 Å². The summed E-state index contributed by atoms with van der Waals surface area (Å²) in [5.74, 6) is -0.356. The van der Waals surface area contributed by atoms with Gasteiger partial charge in [0, 0.05) is 23.3 Å². The van der Waals surface area contributed by atoms with Gasteiger partial charge in [-0.1, -0.05) is 11.2 Å². The Bertz CT molecular complexity index is 1060. The Morgan fingerprint density at radius 1 is 1.26 bits per heavy atom. The van der Waals surface area contributed by atoms with Crippen LogP contribution in [0.2, 0.25) is 0 Å². The molecule has 1 N–H and O–H groups in total. The van der Waals surface area contributed by atoms with Crippen LogP contribution in [0.3, 0.4) is 0 Å². The Morgan fingerprint density at radius 2 is 2.17 bits per heavy atom. The molecule has 0 saturated carbocycles. The van der Waals surface area contributed by atoms with E-state index in [1.54, 1.807) is 24.5 Å². The SMILES string of the molecule is N#Cc1cccc(-c2nc(-c3cnc4[nH]ccc4c3)no2)c1F. The largest absolute Gasteiger partial charge is 0.346 e. The Balaban J connectivity index is 1.79. The fourth-order valence-corrected chi connectivity index (χ4v) is 2.30. The molecule has 23 heavy (non-hydrogen) atoms. The summed E-state index contributed by atoms with van der Waals surface area (Å²) >= 11 is 0. The quantitative estimate of drug-likeness (QED) is 0.613. The van der Waals surface area contributed by atoms with Crippen LogP contribution in [0, 0.1) is 17.1 Å². The zero-order valence-corrected chi connectivity index (χ0v) is 11.6. The van der Waals surface area contributed by atoms with Gasteiger partial charge in [0.25, 0.3) is 5.89 Å². The minimum atomic E-state index is -0.676. The first-order valence-electron chi connectivity index (χ1n) is 6.72. The van der Waals surface area contributed by atoms with E-state index in [0.717, 1.165) is 11.0 Å². The molecular weight excluding hydrogens is 297 g/mol. The van der Waals surface area contributed by atoms with Crippen molar-refractivity contribution >= 4 is 11.0 Å². The highest BCUT2D eigenvalue weighted by atomic mass is 19.1. The molecule has 0 radical (unpaired) electrons. The lowest BCUT2D eigenvalue weighted by Crippen LogP contribution is -1.89. The Kier molecular flexibility index (Phi) is 2.88. The number of H-pyrrole nitrogens is 1. The molecule has 0 aliphatic rings. The zero-order chi connectivity index (χ0) is 15.8. The maximum absolute atomic E-state index is 14.2. The molecule has 3 aromatic heterocycles. The first-order valence-corrected chi connectivity index (χ1v) is 6.72. The predicted molar refractivity (Wildman–Crippen MR) is 79.5 cm³/mol. The van der Waals surface area contributed by atoms with Gasteiger partial charge in [0.1, 0.15) is 11.7 Å². The fourth-order valence-electron chi connectivity index (χ4n) is 2.30. The lowest BCUT2D eigenvalue weighted by molar-refractivity contribution is 0.429. The van der Waals surface area contributed by atoms with E-state index >= 15 is 0 Å². The van der Waals surface area contributed by atoms with Crippen LogP contribution in [-0.4, -0.2) is 20.1 Å². The van der Waals surface area contributed by atoms with Crippen molar-refractivity contribution in [1.82, 2.24) is 20.1 Å². The number of aromatic nitrogens is 4. The molecule has 0 unspecified atom stereocenters. The second-order valence-corrected chi connectivity index (χ2v) is 4.84. The topological polar surface area (TPSA) is 91.4 Å². The van der Waals surface area contributed by atoms with E-state index in [9.17, 15) is 4.39 Å². The van der Waals surface area contributed by atoms with Gasteiger partial charge in [-0.2, -0.15) is 10.2 Å². The number of hydrogen-bond donors (Lipinski definition) is 1. The van der Waals surface area contributed by atoms with Gasteiger partial charge in [-0.05, 0) is 24.3 Å². The minimum Gasteiger partial charge on any atom is -0.346 e. The molecule has 0 saturated heterocycles. The standard InChI is InChI=1S/C16H8FN5O/c17-13-10(7-18)2-1-3-12(13)16-21-15(22-23-16)11-6-9-4-5-19-14(9)20-8-11/h1-6,8H,(H,19,20). The van der Waals surface area contributed by atoms with Gasteiger partial charge in [0.2, 0.25) is 5.82 Å². The summed E-state index contributed by atoms with van der Waals surface area (Å²) in [6.07, 6.45) is 3.39. The van der Waals surface area contributed by atoms with Crippen LogP contribution in [0.4, 0.5) is 4.39 Å². The maximum atomic E-state index is 14.2. The second-order valence-electron chi connectivity index (χ2n) is 4.84. The third-order valence-electron chi connectivity index (χ3n) is 3.43. The average molecular weight is 305 g/mol. The van der Waals surface area contributed by atoms with Gasteiger partial charge in [0.15, 0.2) is 5.82 Å². The first-order chi connectivity index (χ1) is 11.3. The van der Waals surface area contributed by atoms with Crippen molar-refractivity contribution in [3.63, 3.8) is 0 Å². The molecule has 1 aromatic carbocycles. The van der Waals surface area contributed by atoms with Gasteiger partial charge in [0.05, 0.1) is 11.1 Å². The number of pyridine rings is 1. The van der Waals surface area contributed by atoms with Crippen LogP contribution in [-0.2, 0) is 0 Å². The third-order valence-corrected chi connectivity index (χ3v) is 3.43. The Hall–Kier alpha value is -3.53. The van der Waals surface area contributed by atoms with Gasteiger partial charge < -0.3 is 9.51 Å². The molecule has 0 atom stereocenters. The second kappa shape index (κ2) is 5.03. The molecular formula is C16H8FN5O. The number of benzene rings is 1. The van der Waals surface area contributed by atoms with Crippen molar-refractivity contribution in [3.8, 4) is 28.9 Å². The number of halogens is 1. The predicted octanol–water partition coefficient (Wildman–Crippen LogP) is 3.29. The van der Waals surface area contributed by atoms with Crippen molar-refractivity contribution in [1.29, 1.82) is 5.26 Å². The zero-order valence-electron chi connectivity index (χ0n) is 11.6. The molecule has 4 rings (SSSR count). The lowest BCUT2D eigenvalue weighted by atomic mass is 10.1. The van der Waals surface area contributed by atoms with Crippen LogP contribution < -0.4 is 0 Å². The Morgan fingerprint density at radius 3 is 3.04 bits per heavy atom. The normalized spacial score (nSPS) is 10.8. The number of nitrogens with one attached hydrogen (secondary N) is 1. The number of nitriles is 1. The maximum Gasteiger partial charge on any atom is 0.261 e. The van der Waals surface area contributed by atoms with Gasteiger partial charge in [-0.25, -0.2) is 9.37 Å². The number of aromatic amines is 1. The molecule has 7 heteroatoms. The molecule has 110 valence electrons. The smallest absolute Gasteiger partial charge is 0.261 e. The van der Waals surface area contributed by atoms with Crippen molar-refractivity contribution in [3.05, 3.63) is 54.1 Å². The first kappa shape index (κ1) is 13.2. The average Bonchev–Trinajstić information content (AvgIpc) is 3.23. The molecule has 4 aromatic rings. The summed E-state index contributed by atoms with van der Waals surface area (Å²) in [5.41, 5.74) is 1.44. The number of hydrogen-bond acceptors (Lipinski definition) is 5. The summed E-state index contributed by atoms with van der Waals surface area (Å²) in [4.78, 5) is 11.4. The summed E-state index contributed by atoms with van der Waals surface area (Å²) < 4.78 is 19.3. The summed E-state index contributed by atoms with van der Waals surface area (Å²) in [6.45, 7) is 0. The van der Waals surface area contributed by atoms with Gasteiger partial charge >= 0.3 is 0 Å². The monoisotopic (exact) mass is 305 g/mol. The summed E-state index contributed by atoms with van der Waals surface area (Å²) in [7, 11) is 0. The number of fused-ring (bicyclic) bond motifs is 1. The minimum absolute atomic E-state index is 0.0174. The van der Waals surface area contributed by atoms with E-state index in [-0.39, 0.29) is 17.0 Å². The van der Waals surface area contributed by atoms with Crippen molar-refractivity contribution in [2.75, 3.05) is 0 Å². The van der Waals surface area contributed by atoms with Crippen LogP contribution in [0.15, 0.2) is 47.2 Å². The van der Waals surface area contributed by atoms with Crippen molar-refractivity contribution in [2.45, 2.75) is 0 Å². The van der Waals surface area contributed by atoms with E-state index in [2.05, 4.69) is 20.1 Å². The Labute approximate surface area is 129 Å². The van der Waals surface area contributed by atoms with E-state index < -0.39 is 5.82 Å². The number of rotatable bonds is 2. The highest BCUT2D eigenvalue weighted by Crippen LogP contribution is 2.26. The lowest BCUT2D eigenvalue weighted by Gasteiger charge is -1.98. The molecule has 3 heterocycles. The van der Waals surface area contributed by atoms with Crippen molar-refractivity contribution < 1.29 is 8.91 Å². The molecule has 0 aliphatic carbocycles. The fraction of sp³-hybridized carbons (Fsp3) is 0. The summed E-state index contributed by atoms with van der Waals surface area (Å²) in [6, 6.07) is 9.96. The van der Waals surface area contributed by atoms with Crippen LogP contribution >= 0.6 is 0 Å². The highest BCUT2D eigenvalue weighted by Gasteiger charge is 2.17. The van der Waals surface area contributed by atoms with E-state index in [4.69, 9.17) is 9.78 Å². The van der Waals surface area contributed by atoms with Crippen molar-refractivity contribution in [2.24, 2.45) is 0 Å². The molecule has 6 nitrogen and oxygen atoms in total. The molecule has 0 amide bonds. The van der Waals surface area contributed by atoms with Crippen LogP contribution in [0.5, 0.6) is 0 Å². The van der Waals surface area contributed by atoms with Gasteiger partial charge in [-0.3, -0.25) is 0 Å². The highest BCUT2D eigenvalue weighted by molar-refractivity contribution is 5.80.